The molecule has 0 saturated heterocycles. The monoisotopic (exact) mass is 473 g/mol. The van der Waals surface area contributed by atoms with Gasteiger partial charge >= 0.3 is 167 Å². The fourth-order valence-corrected chi connectivity index (χ4v) is 7.57. The van der Waals surface area contributed by atoms with Crippen molar-refractivity contribution in [1.82, 2.24) is 4.58 Å². The quantitative estimate of drug-likeness (QED) is 0.256. The second kappa shape index (κ2) is 7.13. The Kier molecular flexibility index (Phi) is 4.82. The standard InChI is InChI=1S/C23H23N2OTe/c1-24(2)17-10-12-19-21(14-17)27(26)22-15-18(25(3)4)11-13-20(22)23(19)16-8-6-5-7-9-16/h5-15H,1-4H3/q+1. The molecule has 0 atom stereocenters. The first kappa shape index (κ1) is 18.3. The molecule has 0 radical (unpaired) electrons. The van der Waals surface area contributed by atoms with Gasteiger partial charge in [0, 0.05) is 0 Å². The third-order valence-electron chi connectivity index (χ3n) is 4.96. The van der Waals surface area contributed by atoms with E-state index in [9.17, 15) is 3.47 Å². The molecule has 0 aromatic heterocycles. The SMILES string of the molecule is CN(C)c1ccc2c(-c3ccccc3)c3ccc(=[N+](C)C)cc-3[te+]([O-])c2c1. The zero-order chi connectivity index (χ0) is 19.1. The molecule has 4 rings (SSSR count). The molecule has 0 N–H and O–H groups in total. The van der Waals surface area contributed by atoms with Gasteiger partial charge in [0.25, 0.3) is 0 Å². The number of hydrogen-bond acceptors (Lipinski definition) is 2. The van der Waals surface area contributed by atoms with Gasteiger partial charge in [-0.1, -0.05) is 0 Å². The van der Waals surface area contributed by atoms with E-state index in [2.05, 4.69) is 70.1 Å². The molecule has 1 aliphatic heterocycles. The Hall–Kier alpha value is -2.12. The summed E-state index contributed by atoms with van der Waals surface area (Å²) in [4.78, 5) is 2.07. The molecule has 0 unspecified atom stereocenters. The van der Waals surface area contributed by atoms with Crippen LogP contribution in [0.2, 0.25) is 0 Å². The van der Waals surface area contributed by atoms with Crippen molar-refractivity contribution in [2.24, 2.45) is 0 Å². The van der Waals surface area contributed by atoms with E-state index in [0.717, 1.165) is 29.0 Å². The average Bonchev–Trinajstić information content (AvgIpc) is 2.68. The van der Waals surface area contributed by atoms with Crippen LogP contribution < -0.4 is 18.3 Å². The van der Waals surface area contributed by atoms with Gasteiger partial charge in [-0.25, -0.2) is 0 Å². The fraction of sp³-hybridized carbons (Fsp3) is 0.174. The molecule has 136 valence electrons. The van der Waals surface area contributed by atoms with Gasteiger partial charge in [-0.05, 0) is 0 Å². The summed E-state index contributed by atoms with van der Waals surface area (Å²) in [7, 11) is 8.09. The van der Waals surface area contributed by atoms with E-state index in [1.54, 1.807) is 0 Å². The molecule has 0 fully saturated rings. The molecule has 2 aliphatic rings. The second-order valence-electron chi connectivity index (χ2n) is 7.16. The summed E-state index contributed by atoms with van der Waals surface area (Å²) in [6.45, 7) is 0. The summed E-state index contributed by atoms with van der Waals surface area (Å²) in [5.74, 6) is 0. The molecule has 4 heteroatoms. The van der Waals surface area contributed by atoms with Crippen molar-refractivity contribution >= 4 is 33.9 Å². The van der Waals surface area contributed by atoms with Gasteiger partial charge in [-0.2, -0.15) is 0 Å². The van der Waals surface area contributed by atoms with E-state index in [4.69, 9.17) is 0 Å². The molecule has 2 aromatic carbocycles. The van der Waals surface area contributed by atoms with Crippen LogP contribution in [0.3, 0.4) is 0 Å². The summed E-state index contributed by atoms with van der Waals surface area (Å²) in [5.41, 5.74) is 4.56. The Morgan fingerprint density at radius 2 is 1.63 bits per heavy atom. The number of hydrogen-bond donors (Lipinski definition) is 0. The Balaban J connectivity index is 2.22. The van der Waals surface area contributed by atoms with Gasteiger partial charge in [0.05, 0.1) is 0 Å². The molecule has 0 amide bonds. The summed E-state index contributed by atoms with van der Waals surface area (Å²) in [6, 6.07) is 23.2. The van der Waals surface area contributed by atoms with Gasteiger partial charge in [-0.15, -0.1) is 0 Å². The van der Waals surface area contributed by atoms with Crippen molar-refractivity contribution in [2.45, 2.75) is 0 Å². The second-order valence-corrected chi connectivity index (χ2v) is 11.2. The minimum atomic E-state index is -2.88. The van der Waals surface area contributed by atoms with Crippen molar-refractivity contribution in [2.75, 3.05) is 33.1 Å². The van der Waals surface area contributed by atoms with E-state index in [1.807, 2.05) is 34.3 Å². The molecule has 0 spiro atoms. The summed E-state index contributed by atoms with van der Waals surface area (Å²) < 4.78 is 17.7. The third kappa shape index (κ3) is 3.19. The number of benzene rings is 3. The van der Waals surface area contributed by atoms with E-state index >= 15 is 0 Å². The first-order valence-corrected chi connectivity index (χ1v) is 12.2. The molecule has 1 aliphatic carbocycles. The molecule has 27 heavy (non-hydrogen) atoms. The Morgan fingerprint density at radius 3 is 2.30 bits per heavy atom. The van der Waals surface area contributed by atoms with Crippen LogP contribution >= 0.6 is 0 Å². The van der Waals surface area contributed by atoms with Crippen LogP contribution in [0.4, 0.5) is 5.69 Å². The van der Waals surface area contributed by atoms with Crippen molar-refractivity contribution < 1.29 is 3.47 Å². The average molecular weight is 471 g/mol. The Bertz CT molecular complexity index is 1170. The Labute approximate surface area is 167 Å². The topological polar surface area (TPSA) is 29.3 Å². The molecule has 3 nitrogen and oxygen atoms in total. The van der Waals surface area contributed by atoms with Gasteiger partial charge in [-0.3, -0.25) is 0 Å². The maximum absolute atomic E-state index is 13.6. The maximum atomic E-state index is 13.6. The van der Waals surface area contributed by atoms with Gasteiger partial charge in [0.2, 0.25) is 0 Å². The molecular weight excluding hydrogens is 448 g/mol. The van der Waals surface area contributed by atoms with Crippen molar-refractivity contribution in [3.63, 3.8) is 0 Å². The summed E-state index contributed by atoms with van der Waals surface area (Å²) >= 11 is -2.88. The number of fused-ring (bicyclic) bond motifs is 2. The number of nitrogens with zero attached hydrogens (tertiary/aromatic N) is 2. The summed E-state index contributed by atoms with van der Waals surface area (Å²) in [6.07, 6.45) is 0. The predicted octanol–water partition coefficient (Wildman–Crippen LogP) is 2.58. The minimum absolute atomic E-state index is 1.02. The van der Waals surface area contributed by atoms with Crippen molar-refractivity contribution in [3.05, 3.63) is 72.1 Å². The van der Waals surface area contributed by atoms with Gasteiger partial charge in [0.15, 0.2) is 0 Å². The zero-order valence-electron chi connectivity index (χ0n) is 16.1. The van der Waals surface area contributed by atoms with Crippen LogP contribution in [-0.2, 0) is 0 Å². The van der Waals surface area contributed by atoms with E-state index in [1.165, 1.54) is 11.1 Å². The first-order valence-electron chi connectivity index (χ1n) is 8.95. The molecule has 2 aromatic rings. The van der Waals surface area contributed by atoms with E-state index in [-0.39, 0.29) is 0 Å². The molecular formula is C23H23N2OTe+. The van der Waals surface area contributed by atoms with E-state index in [0.29, 0.717) is 0 Å². The molecule has 0 bridgehead atoms. The number of anilines is 1. The van der Waals surface area contributed by atoms with Crippen LogP contribution in [-0.4, -0.2) is 47.7 Å². The molecule has 1 heterocycles. The van der Waals surface area contributed by atoms with Crippen LogP contribution in [0, 0.1) is 0 Å². The van der Waals surface area contributed by atoms with Crippen LogP contribution in [0.15, 0.2) is 66.7 Å². The third-order valence-corrected chi connectivity index (χ3v) is 9.17. The normalized spacial score (nSPS) is 11.1. The fourth-order valence-electron chi connectivity index (χ4n) is 3.48. The van der Waals surface area contributed by atoms with Gasteiger partial charge in [0.1, 0.15) is 0 Å². The predicted molar refractivity (Wildman–Crippen MR) is 114 cm³/mol. The first-order chi connectivity index (χ1) is 13.0. The molecule has 0 saturated carbocycles. The Morgan fingerprint density at radius 1 is 0.889 bits per heavy atom. The van der Waals surface area contributed by atoms with Gasteiger partial charge < -0.3 is 0 Å². The van der Waals surface area contributed by atoms with Crippen molar-refractivity contribution in [1.29, 1.82) is 0 Å². The number of rotatable bonds is 2. The van der Waals surface area contributed by atoms with E-state index < -0.39 is 19.5 Å². The van der Waals surface area contributed by atoms with Crippen LogP contribution in [0.1, 0.15) is 0 Å². The van der Waals surface area contributed by atoms with Crippen LogP contribution in [0.25, 0.3) is 29.1 Å². The van der Waals surface area contributed by atoms with Crippen LogP contribution in [0.5, 0.6) is 0 Å². The zero-order valence-corrected chi connectivity index (χ0v) is 18.4. The van der Waals surface area contributed by atoms with Crippen molar-refractivity contribution in [3.8, 4) is 20.3 Å². The summed E-state index contributed by atoms with van der Waals surface area (Å²) in [5, 5.41) is 2.21.